The van der Waals surface area contributed by atoms with Gasteiger partial charge in [-0.3, -0.25) is 0 Å². The Balaban J connectivity index is 1.76. The van der Waals surface area contributed by atoms with Crippen molar-refractivity contribution in [2.45, 2.75) is 71.8 Å². The summed E-state index contributed by atoms with van der Waals surface area (Å²) in [5.41, 5.74) is 2.79. The average Bonchev–Trinajstić information content (AvgIpc) is 2.45. The summed E-state index contributed by atoms with van der Waals surface area (Å²) in [5.74, 6) is 5.52. The quantitative estimate of drug-likeness (QED) is 0.553. The molecular weight excluding hydrogens is 266 g/mol. The smallest absolute Gasteiger partial charge is 0.0726 e. The predicted octanol–water partition coefficient (Wildman–Crippen LogP) is 4.16. The maximum absolute atomic E-state index is 4.24. The van der Waals surface area contributed by atoms with Crippen LogP contribution in [0.4, 0.5) is 0 Å². The van der Waals surface area contributed by atoms with E-state index in [1.165, 1.54) is 38.5 Å². The van der Waals surface area contributed by atoms with Crippen molar-refractivity contribution >= 4 is 0 Å². The van der Waals surface area contributed by atoms with Gasteiger partial charge in [-0.2, -0.15) is 7.05 Å². The van der Waals surface area contributed by atoms with E-state index >= 15 is 0 Å². The second-order valence-corrected chi connectivity index (χ2v) is 10.1. The van der Waals surface area contributed by atoms with Crippen LogP contribution in [0.2, 0.25) is 0 Å². The summed E-state index contributed by atoms with van der Waals surface area (Å²) in [6.45, 7) is 10.0. The molecule has 22 heavy (non-hydrogen) atoms. The van der Waals surface area contributed by atoms with E-state index in [0.29, 0.717) is 11.0 Å². The molecule has 0 amide bonds. The Labute approximate surface area is 137 Å². The summed E-state index contributed by atoms with van der Waals surface area (Å²) in [4.78, 5) is 0. The minimum atomic E-state index is 0.404. The Bertz CT molecular complexity index is 490. The first-order valence-electron chi connectivity index (χ1n) is 9.69. The number of nitrogens with two attached hydrogens (primary N) is 1. The Hall–Kier alpha value is -0.300. The molecule has 0 saturated heterocycles. The van der Waals surface area contributed by atoms with E-state index in [9.17, 15) is 0 Å². The summed E-state index contributed by atoms with van der Waals surface area (Å²) in [6.07, 6.45) is 11.3. The minimum absolute atomic E-state index is 0.404. The lowest BCUT2D eigenvalue weighted by Gasteiger charge is -2.61. The molecule has 0 spiro atoms. The Morgan fingerprint density at radius 2 is 1.95 bits per heavy atom. The Morgan fingerprint density at radius 3 is 2.68 bits per heavy atom. The van der Waals surface area contributed by atoms with Gasteiger partial charge in [-0.25, -0.2) is 0 Å². The number of hydrogen-bond acceptors (Lipinski definition) is 0. The molecule has 0 aromatic heterocycles. The zero-order chi connectivity index (χ0) is 15.7. The van der Waals surface area contributed by atoms with E-state index in [0.717, 1.165) is 35.5 Å². The van der Waals surface area contributed by atoms with Crippen molar-refractivity contribution < 1.29 is 5.32 Å². The molecule has 3 saturated carbocycles. The van der Waals surface area contributed by atoms with Gasteiger partial charge in [-0.15, -0.1) is 0 Å². The number of quaternary nitrogens is 1. The molecule has 0 heterocycles. The molecule has 1 nitrogen and oxygen atoms in total. The zero-order valence-corrected chi connectivity index (χ0v) is 15.1. The highest BCUT2D eigenvalue weighted by Gasteiger charge is 2.58. The second-order valence-electron chi connectivity index (χ2n) is 10.1. The predicted molar refractivity (Wildman–Crippen MR) is 91.9 cm³/mol. The number of rotatable bonds is 1. The molecule has 7 atom stereocenters. The van der Waals surface area contributed by atoms with Crippen LogP contribution in [-0.2, 0) is 0 Å². The molecular formula is C21H35N. The van der Waals surface area contributed by atoms with E-state index in [1.807, 2.05) is 5.57 Å². The Kier molecular flexibility index (Phi) is 3.36. The topological polar surface area (TPSA) is 16.6 Å². The molecule has 4 aliphatic carbocycles. The molecule has 0 aromatic carbocycles. The van der Waals surface area contributed by atoms with Crippen molar-refractivity contribution in [3.63, 3.8) is 0 Å². The van der Waals surface area contributed by atoms with Gasteiger partial charge < -0.3 is 5.32 Å². The summed E-state index contributed by atoms with van der Waals surface area (Å²) >= 11 is 0. The highest BCUT2D eigenvalue weighted by molar-refractivity contribution is 5.25. The molecule has 4 aliphatic rings. The van der Waals surface area contributed by atoms with Crippen LogP contribution in [-0.4, -0.2) is 5.54 Å². The fourth-order valence-corrected chi connectivity index (χ4v) is 7.25. The van der Waals surface area contributed by atoms with Crippen LogP contribution >= 0.6 is 0 Å². The van der Waals surface area contributed by atoms with Crippen LogP contribution in [0.15, 0.2) is 11.6 Å². The van der Waals surface area contributed by atoms with Gasteiger partial charge in [-0.05, 0) is 74.0 Å². The lowest BCUT2D eigenvalue weighted by molar-refractivity contribution is -0.688. The normalized spacial score (nSPS) is 52.7. The lowest BCUT2D eigenvalue weighted by atomic mass is 9.44. The van der Waals surface area contributed by atoms with Crippen molar-refractivity contribution in [3.05, 3.63) is 18.7 Å². The lowest BCUT2D eigenvalue weighted by Crippen LogP contribution is -2.94. The van der Waals surface area contributed by atoms with Gasteiger partial charge in [0.15, 0.2) is 0 Å². The summed E-state index contributed by atoms with van der Waals surface area (Å²) < 4.78 is 0. The van der Waals surface area contributed by atoms with Gasteiger partial charge in [0.05, 0.1) is 5.54 Å². The van der Waals surface area contributed by atoms with Crippen molar-refractivity contribution in [2.75, 3.05) is 0 Å². The van der Waals surface area contributed by atoms with E-state index in [-0.39, 0.29) is 0 Å². The van der Waals surface area contributed by atoms with E-state index in [2.05, 4.69) is 46.1 Å². The van der Waals surface area contributed by atoms with E-state index < -0.39 is 0 Å². The van der Waals surface area contributed by atoms with Crippen molar-refractivity contribution in [2.24, 2.45) is 40.9 Å². The third-order valence-corrected chi connectivity index (χ3v) is 8.14. The number of allylic oxidation sites excluding steroid dienone is 2. The van der Waals surface area contributed by atoms with Gasteiger partial charge >= 0.3 is 0 Å². The molecule has 1 heteroatoms. The van der Waals surface area contributed by atoms with Crippen LogP contribution < -0.4 is 5.32 Å². The highest BCUT2D eigenvalue weighted by atomic mass is 15.0. The van der Waals surface area contributed by atoms with Crippen LogP contribution in [0.3, 0.4) is 0 Å². The SMILES string of the molecule is [CH2-][NH2+]C1(C)CCC2C(C)C=C3CC(C)(C)CC4CCC1C2C34. The third-order valence-electron chi connectivity index (χ3n) is 8.14. The fraction of sp³-hybridized carbons (Fsp3) is 0.857. The van der Waals surface area contributed by atoms with Gasteiger partial charge in [0, 0.05) is 12.3 Å². The summed E-state index contributed by atoms with van der Waals surface area (Å²) in [7, 11) is 4.24. The standard InChI is InChI=1S/C21H35N/c1-13-10-15-12-20(2,3)11-14-6-7-17-19(18(14)15)16(13)8-9-21(17,4)22-5/h10,13-14,16-19H,5-9,11-12,22H2,1-4H3. The molecule has 2 N–H and O–H groups in total. The monoisotopic (exact) mass is 301 g/mol. The first-order valence-corrected chi connectivity index (χ1v) is 9.69. The van der Waals surface area contributed by atoms with Crippen molar-refractivity contribution in [1.82, 2.24) is 0 Å². The largest absolute Gasteiger partial charge is 0.474 e. The van der Waals surface area contributed by atoms with E-state index in [1.54, 1.807) is 0 Å². The highest BCUT2D eigenvalue weighted by Crippen LogP contribution is 2.62. The molecule has 124 valence electrons. The van der Waals surface area contributed by atoms with Gasteiger partial charge in [0.25, 0.3) is 0 Å². The van der Waals surface area contributed by atoms with Gasteiger partial charge in [0.2, 0.25) is 0 Å². The van der Waals surface area contributed by atoms with Gasteiger partial charge in [0.1, 0.15) is 0 Å². The van der Waals surface area contributed by atoms with Crippen LogP contribution in [0.1, 0.15) is 66.2 Å². The molecule has 0 aliphatic heterocycles. The van der Waals surface area contributed by atoms with Gasteiger partial charge in [-0.1, -0.05) is 32.4 Å². The molecule has 3 fully saturated rings. The van der Waals surface area contributed by atoms with Crippen LogP contribution in [0.25, 0.3) is 0 Å². The zero-order valence-electron chi connectivity index (χ0n) is 15.1. The minimum Gasteiger partial charge on any atom is -0.474 e. The molecule has 0 aromatic rings. The molecule has 0 radical (unpaired) electrons. The van der Waals surface area contributed by atoms with Crippen LogP contribution in [0, 0.1) is 48.0 Å². The second kappa shape index (κ2) is 4.85. The average molecular weight is 302 g/mol. The molecule has 4 rings (SSSR count). The maximum Gasteiger partial charge on any atom is 0.0726 e. The molecule has 7 unspecified atom stereocenters. The first kappa shape index (κ1) is 15.2. The van der Waals surface area contributed by atoms with Crippen molar-refractivity contribution in [1.29, 1.82) is 0 Å². The summed E-state index contributed by atoms with van der Waals surface area (Å²) in [5, 5.41) is 2.32. The fourth-order valence-electron chi connectivity index (χ4n) is 7.25. The summed E-state index contributed by atoms with van der Waals surface area (Å²) in [6, 6.07) is 0. The van der Waals surface area contributed by atoms with Crippen molar-refractivity contribution in [3.8, 4) is 0 Å². The van der Waals surface area contributed by atoms with Crippen LogP contribution in [0.5, 0.6) is 0 Å². The third kappa shape index (κ3) is 2.07. The molecule has 0 bridgehead atoms. The Morgan fingerprint density at radius 1 is 1.18 bits per heavy atom. The van der Waals surface area contributed by atoms with E-state index in [4.69, 9.17) is 0 Å². The maximum atomic E-state index is 4.24. The number of hydrogen-bond donors (Lipinski definition) is 1. The first-order chi connectivity index (χ1) is 10.3.